The Morgan fingerprint density at radius 2 is 1.85 bits per heavy atom. The van der Waals surface area contributed by atoms with Gasteiger partial charge >= 0.3 is 0 Å². The molecule has 0 aromatic heterocycles. The highest BCUT2D eigenvalue weighted by atomic mass is 32.2. The van der Waals surface area contributed by atoms with Gasteiger partial charge in [0.05, 0.1) is 12.4 Å². The Hall–Kier alpha value is -2.38. The molecule has 0 heterocycles. The molecule has 0 unspecified atom stereocenters. The summed E-state index contributed by atoms with van der Waals surface area (Å²) in [6.45, 7) is 3.00. The standard InChI is InChI=1S/C19H24N2O4S/c1-15(16-8-4-3-5-9-16)25-13-7-12-20-19(22)17-10-6-11-18(14-17)21-26(2,23)24/h3-6,8-11,14-15,21H,7,12-13H2,1-2H3,(H,20,22)/t15-/m1/s1. The number of anilines is 1. The molecule has 1 atom stereocenters. The molecular weight excluding hydrogens is 352 g/mol. The average Bonchev–Trinajstić information content (AvgIpc) is 2.60. The van der Waals surface area contributed by atoms with E-state index in [0.29, 0.717) is 30.8 Å². The Morgan fingerprint density at radius 3 is 2.54 bits per heavy atom. The van der Waals surface area contributed by atoms with E-state index in [1.807, 2.05) is 37.3 Å². The molecule has 0 saturated carbocycles. The van der Waals surface area contributed by atoms with Gasteiger partial charge in [-0.1, -0.05) is 36.4 Å². The number of hydrogen-bond acceptors (Lipinski definition) is 4. The first-order chi connectivity index (χ1) is 12.3. The molecule has 0 fully saturated rings. The third kappa shape index (κ3) is 6.85. The monoisotopic (exact) mass is 376 g/mol. The Labute approximate surface area is 154 Å². The van der Waals surface area contributed by atoms with Gasteiger partial charge in [0.1, 0.15) is 0 Å². The summed E-state index contributed by atoms with van der Waals surface area (Å²) in [5.74, 6) is -0.252. The highest BCUT2D eigenvalue weighted by Crippen LogP contribution is 2.16. The highest BCUT2D eigenvalue weighted by Gasteiger charge is 2.08. The predicted octanol–water partition coefficient (Wildman–Crippen LogP) is 2.96. The maximum absolute atomic E-state index is 12.2. The molecule has 2 N–H and O–H groups in total. The van der Waals surface area contributed by atoms with Crippen molar-refractivity contribution in [2.45, 2.75) is 19.4 Å². The van der Waals surface area contributed by atoms with Crippen LogP contribution >= 0.6 is 0 Å². The van der Waals surface area contributed by atoms with E-state index in [1.165, 1.54) is 6.07 Å². The molecular formula is C19H24N2O4S. The van der Waals surface area contributed by atoms with Gasteiger partial charge in [-0.15, -0.1) is 0 Å². The van der Waals surface area contributed by atoms with Gasteiger partial charge in [-0.3, -0.25) is 9.52 Å². The second kappa shape index (κ2) is 9.35. The number of benzene rings is 2. The Balaban J connectivity index is 1.74. The summed E-state index contributed by atoms with van der Waals surface area (Å²) in [4.78, 5) is 12.2. The van der Waals surface area contributed by atoms with E-state index < -0.39 is 10.0 Å². The van der Waals surface area contributed by atoms with E-state index in [4.69, 9.17) is 4.74 Å². The molecule has 140 valence electrons. The fraction of sp³-hybridized carbons (Fsp3) is 0.316. The summed E-state index contributed by atoms with van der Waals surface area (Å²) in [5.41, 5.74) is 1.88. The van der Waals surface area contributed by atoms with Crippen LogP contribution in [0.25, 0.3) is 0 Å². The van der Waals surface area contributed by atoms with Crippen LogP contribution in [0.3, 0.4) is 0 Å². The first kappa shape index (κ1) is 19.9. The van der Waals surface area contributed by atoms with E-state index in [1.54, 1.807) is 18.2 Å². The molecule has 0 spiro atoms. The van der Waals surface area contributed by atoms with Gasteiger partial charge in [0.25, 0.3) is 5.91 Å². The van der Waals surface area contributed by atoms with Crippen molar-refractivity contribution >= 4 is 21.6 Å². The van der Waals surface area contributed by atoms with Gasteiger partial charge in [0.2, 0.25) is 10.0 Å². The van der Waals surface area contributed by atoms with Crippen LogP contribution in [0.15, 0.2) is 54.6 Å². The summed E-state index contributed by atoms with van der Waals surface area (Å²) in [6, 6.07) is 16.3. The van der Waals surface area contributed by atoms with Crippen molar-refractivity contribution in [3.05, 3.63) is 65.7 Å². The van der Waals surface area contributed by atoms with E-state index in [2.05, 4.69) is 10.0 Å². The van der Waals surface area contributed by atoms with Crippen LogP contribution in [-0.2, 0) is 14.8 Å². The quantitative estimate of drug-likeness (QED) is 0.659. The van der Waals surface area contributed by atoms with Crippen molar-refractivity contribution in [3.63, 3.8) is 0 Å². The molecule has 2 aromatic rings. The van der Waals surface area contributed by atoms with E-state index in [9.17, 15) is 13.2 Å². The molecule has 2 rings (SSSR count). The molecule has 2 aromatic carbocycles. The summed E-state index contributed by atoms with van der Waals surface area (Å²) >= 11 is 0. The molecule has 0 radical (unpaired) electrons. The van der Waals surface area contributed by atoms with Gasteiger partial charge in [0.15, 0.2) is 0 Å². The molecule has 0 bridgehead atoms. The zero-order valence-electron chi connectivity index (χ0n) is 14.9. The van der Waals surface area contributed by atoms with Crippen LogP contribution in [0.2, 0.25) is 0 Å². The Kier molecular flexibility index (Phi) is 7.17. The van der Waals surface area contributed by atoms with Gasteiger partial charge < -0.3 is 10.1 Å². The maximum Gasteiger partial charge on any atom is 0.251 e. The second-order valence-electron chi connectivity index (χ2n) is 5.99. The lowest BCUT2D eigenvalue weighted by molar-refractivity contribution is 0.0635. The number of nitrogens with one attached hydrogen (secondary N) is 2. The number of rotatable bonds is 9. The van der Waals surface area contributed by atoms with E-state index in [0.717, 1.165) is 11.8 Å². The van der Waals surface area contributed by atoms with E-state index >= 15 is 0 Å². The highest BCUT2D eigenvalue weighted by molar-refractivity contribution is 7.92. The Bertz CT molecular complexity index is 822. The molecule has 0 aliphatic rings. The van der Waals surface area contributed by atoms with Crippen LogP contribution in [0.4, 0.5) is 5.69 Å². The number of ether oxygens (including phenoxy) is 1. The fourth-order valence-corrected chi connectivity index (χ4v) is 2.95. The lowest BCUT2D eigenvalue weighted by Crippen LogP contribution is -2.25. The topological polar surface area (TPSA) is 84.5 Å². The van der Waals surface area contributed by atoms with Crippen LogP contribution in [-0.4, -0.2) is 33.7 Å². The minimum Gasteiger partial charge on any atom is -0.374 e. The molecule has 0 aliphatic heterocycles. The number of sulfonamides is 1. The fourth-order valence-electron chi connectivity index (χ4n) is 2.39. The second-order valence-corrected chi connectivity index (χ2v) is 7.74. The molecule has 0 saturated heterocycles. The minimum absolute atomic E-state index is 0.00523. The molecule has 7 heteroatoms. The normalized spacial score (nSPS) is 12.4. The van der Waals surface area contributed by atoms with E-state index in [-0.39, 0.29) is 12.0 Å². The first-order valence-corrected chi connectivity index (χ1v) is 10.3. The largest absolute Gasteiger partial charge is 0.374 e. The lowest BCUT2D eigenvalue weighted by Gasteiger charge is -2.13. The van der Waals surface area contributed by atoms with Gasteiger partial charge in [-0.2, -0.15) is 0 Å². The third-order valence-corrected chi connectivity index (χ3v) is 4.28. The van der Waals surface area contributed by atoms with Crippen molar-refractivity contribution in [1.29, 1.82) is 0 Å². The van der Waals surface area contributed by atoms with Gasteiger partial charge in [0, 0.05) is 24.4 Å². The molecule has 0 aliphatic carbocycles. The third-order valence-electron chi connectivity index (χ3n) is 3.67. The average molecular weight is 376 g/mol. The Morgan fingerprint density at radius 1 is 1.12 bits per heavy atom. The van der Waals surface area contributed by atoms with Crippen molar-refractivity contribution < 1.29 is 17.9 Å². The van der Waals surface area contributed by atoms with Gasteiger partial charge in [-0.25, -0.2) is 8.42 Å². The smallest absolute Gasteiger partial charge is 0.251 e. The van der Waals surface area contributed by atoms with Crippen LogP contribution in [0.1, 0.15) is 35.4 Å². The van der Waals surface area contributed by atoms with Crippen molar-refractivity contribution in [2.24, 2.45) is 0 Å². The van der Waals surface area contributed by atoms with Crippen molar-refractivity contribution in [2.75, 3.05) is 24.1 Å². The summed E-state index contributed by atoms with van der Waals surface area (Å²) < 4.78 is 30.6. The molecule has 26 heavy (non-hydrogen) atoms. The zero-order chi connectivity index (χ0) is 19.0. The van der Waals surface area contributed by atoms with Crippen LogP contribution in [0, 0.1) is 0 Å². The summed E-state index contributed by atoms with van der Waals surface area (Å²) in [7, 11) is -3.37. The lowest BCUT2D eigenvalue weighted by atomic mass is 10.1. The molecule has 6 nitrogen and oxygen atoms in total. The SMILES string of the molecule is C[C@@H](OCCCNC(=O)c1cccc(NS(C)(=O)=O)c1)c1ccccc1. The van der Waals surface area contributed by atoms with Crippen molar-refractivity contribution in [1.82, 2.24) is 5.32 Å². The van der Waals surface area contributed by atoms with Crippen molar-refractivity contribution in [3.8, 4) is 0 Å². The number of amides is 1. The first-order valence-electron chi connectivity index (χ1n) is 8.38. The predicted molar refractivity (Wildman–Crippen MR) is 103 cm³/mol. The zero-order valence-corrected chi connectivity index (χ0v) is 15.8. The van der Waals surface area contributed by atoms with Gasteiger partial charge in [-0.05, 0) is 37.1 Å². The summed E-state index contributed by atoms with van der Waals surface area (Å²) in [6.07, 6.45) is 1.76. The number of hydrogen-bond donors (Lipinski definition) is 2. The van der Waals surface area contributed by atoms with Crippen LogP contribution < -0.4 is 10.0 Å². The molecule has 1 amide bonds. The van der Waals surface area contributed by atoms with Crippen LogP contribution in [0.5, 0.6) is 0 Å². The summed E-state index contributed by atoms with van der Waals surface area (Å²) in [5, 5.41) is 2.81. The minimum atomic E-state index is -3.37. The maximum atomic E-state index is 12.2. The number of carbonyl (C=O) groups is 1. The number of carbonyl (C=O) groups excluding carboxylic acids is 1.